The van der Waals surface area contributed by atoms with E-state index in [1.165, 1.54) is 34.8 Å². The Bertz CT molecular complexity index is 1050. The third-order valence-electron chi connectivity index (χ3n) is 4.71. The minimum Gasteiger partial charge on any atom is -0.482 e. The third-order valence-corrected chi connectivity index (χ3v) is 6.60. The number of rotatable bonds is 4. The van der Waals surface area contributed by atoms with Gasteiger partial charge in [-0.1, -0.05) is 0 Å². The molecule has 4 rings (SSSR count). The van der Waals surface area contributed by atoms with Crippen LogP contribution in [0.15, 0.2) is 52.0 Å². The Morgan fingerprint density at radius 3 is 2.66 bits per heavy atom. The summed E-state index contributed by atoms with van der Waals surface area (Å²) >= 11 is 0. The maximum atomic E-state index is 13.0. The van der Waals surface area contributed by atoms with E-state index in [0.717, 1.165) is 0 Å². The molecule has 1 aromatic heterocycles. The quantitative estimate of drug-likeness (QED) is 0.748. The molecule has 0 atom stereocenters. The maximum absolute atomic E-state index is 13.0. The Morgan fingerprint density at radius 1 is 1.14 bits per heavy atom. The first-order valence-electron chi connectivity index (χ1n) is 9.01. The molecule has 2 amide bonds. The molecule has 1 saturated heterocycles. The van der Waals surface area contributed by atoms with Crippen LogP contribution in [0.4, 0.5) is 5.69 Å². The van der Waals surface area contributed by atoms with Gasteiger partial charge >= 0.3 is 0 Å². The van der Waals surface area contributed by atoms with Gasteiger partial charge in [0.2, 0.25) is 15.9 Å². The van der Waals surface area contributed by atoms with Crippen molar-refractivity contribution in [1.82, 2.24) is 9.21 Å². The number of hydrogen-bond donors (Lipinski definition) is 1. The summed E-state index contributed by atoms with van der Waals surface area (Å²) in [6.07, 6.45) is 4.51. The Morgan fingerprint density at radius 2 is 1.93 bits per heavy atom. The second-order valence-electron chi connectivity index (χ2n) is 6.57. The summed E-state index contributed by atoms with van der Waals surface area (Å²) in [5, 5.41) is 2.61. The van der Waals surface area contributed by atoms with E-state index in [9.17, 15) is 18.0 Å². The van der Waals surface area contributed by atoms with Gasteiger partial charge in [0.1, 0.15) is 11.5 Å². The van der Waals surface area contributed by atoms with Crippen molar-refractivity contribution in [3.05, 3.63) is 48.4 Å². The van der Waals surface area contributed by atoms with Crippen molar-refractivity contribution >= 4 is 33.6 Å². The zero-order valence-corrected chi connectivity index (χ0v) is 16.2. The number of hydrogen-bond acceptors (Lipinski definition) is 6. The standard InChI is InChI=1S/C19H19N3O6S/c23-18-13-28-17-5-4-15(12-16(17)20-18)29(25,26)22-9-7-21(8-10-22)19(24)6-3-14-2-1-11-27-14/h1-6,11-12H,7-10,13H2,(H,20,23). The van der Waals surface area contributed by atoms with Gasteiger partial charge in [-0.3, -0.25) is 9.59 Å². The van der Waals surface area contributed by atoms with Crippen LogP contribution in [-0.4, -0.2) is 62.2 Å². The van der Waals surface area contributed by atoms with Crippen molar-refractivity contribution in [2.75, 3.05) is 38.1 Å². The highest BCUT2D eigenvalue weighted by molar-refractivity contribution is 7.89. The van der Waals surface area contributed by atoms with Crippen molar-refractivity contribution in [2.24, 2.45) is 0 Å². The number of sulfonamides is 1. The lowest BCUT2D eigenvalue weighted by atomic mass is 10.2. The summed E-state index contributed by atoms with van der Waals surface area (Å²) in [5.74, 6) is 0.472. The number of nitrogens with one attached hydrogen (secondary N) is 1. The van der Waals surface area contributed by atoms with Crippen LogP contribution in [0.5, 0.6) is 5.75 Å². The predicted octanol–water partition coefficient (Wildman–Crippen LogP) is 1.16. The Kier molecular flexibility index (Phi) is 5.12. The first kappa shape index (κ1) is 19.2. The van der Waals surface area contributed by atoms with Crippen LogP contribution in [0.25, 0.3) is 6.08 Å². The van der Waals surface area contributed by atoms with E-state index in [2.05, 4.69) is 5.32 Å². The first-order chi connectivity index (χ1) is 13.9. The molecule has 2 aliphatic rings. The van der Waals surface area contributed by atoms with Gasteiger partial charge in [-0.25, -0.2) is 8.42 Å². The van der Waals surface area contributed by atoms with Crippen LogP contribution in [0, 0.1) is 0 Å². The van der Waals surface area contributed by atoms with Crippen LogP contribution < -0.4 is 10.1 Å². The Labute approximate surface area is 167 Å². The largest absolute Gasteiger partial charge is 0.482 e. The van der Waals surface area contributed by atoms with Gasteiger partial charge < -0.3 is 19.4 Å². The molecule has 1 aromatic carbocycles. The molecule has 0 aliphatic carbocycles. The van der Waals surface area contributed by atoms with Gasteiger partial charge in [-0.05, 0) is 36.4 Å². The molecule has 9 nitrogen and oxygen atoms in total. The number of ether oxygens (including phenoxy) is 1. The lowest BCUT2D eigenvalue weighted by Gasteiger charge is -2.33. The average Bonchev–Trinajstić information content (AvgIpc) is 3.25. The van der Waals surface area contributed by atoms with Gasteiger partial charge in [0.05, 0.1) is 16.8 Å². The van der Waals surface area contributed by atoms with Crippen LogP contribution in [0.3, 0.4) is 0 Å². The molecule has 2 aliphatic heterocycles. The van der Waals surface area contributed by atoms with Crippen molar-refractivity contribution in [3.8, 4) is 5.75 Å². The second-order valence-corrected chi connectivity index (χ2v) is 8.51. The summed E-state index contributed by atoms with van der Waals surface area (Å²) in [6, 6.07) is 7.84. The van der Waals surface area contributed by atoms with E-state index in [1.807, 2.05) is 0 Å². The number of piperazine rings is 1. The van der Waals surface area contributed by atoms with Gasteiger partial charge in [-0.15, -0.1) is 0 Å². The second kappa shape index (κ2) is 7.72. The van der Waals surface area contributed by atoms with Crippen LogP contribution in [0.2, 0.25) is 0 Å². The molecule has 0 spiro atoms. The molecule has 0 saturated carbocycles. The molecule has 1 N–H and O–H groups in total. The summed E-state index contributed by atoms with van der Waals surface area (Å²) in [6.45, 7) is 0.839. The van der Waals surface area contributed by atoms with Gasteiger partial charge in [-0.2, -0.15) is 4.31 Å². The molecule has 0 unspecified atom stereocenters. The fourth-order valence-corrected chi connectivity index (χ4v) is 4.61. The molecular formula is C19H19N3O6S. The monoisotopic (exact) mass is 417 g/mol. The van der Waals surface area contributed by atoms with E-state index in [-0.39, 0.29) is 49.5 Å². The topological polar surface area (TPSA) is 109 Å². The summed E-state index contributed by atoms with van der Waals surface area (Å²) in [5.41, 5.74) is 0.333. The zero-order chi connectivity index (χ0) is 20.4. The minimum absolute atomic E-state index is 0.0690. The van der Waals surface area contributed by atoms with Crippen molar-refractivity contribution < 1.29 is 27.2 Å². The summed E-state index contributed by atoms with van der Waals surface area (Å²) in [7, 11) is -3.75. The van der Waals surface area contributed by atoms with Crippen LogP contribution >= 0.6 is 0 Å². The SMILES string of the molecule is O=C1COc2ccc(S(=O)(=O)N3CCN(C(=O)C=Cc4ccco4)CC3)cc2N1. The van der Waals surface area contributed by atoms with Crippen molar-refractivity contribution in [1.29, 1.82) is 0 Å². The Hall–Kier alpha value is -3.11. The number of carbonyl (C=O) groups is 2. The van der Waals surface area contributed by atoms with Crippen LogP contribution in [0.1, 0.15) is 5.76 Å². The predicted molar refractivity (Wildman–Crippen MR) is 104 cm³/mol. The van der Waals surface area contributed by atoms with Crippen molar-refractivity contribution in [2.45, 2.75) is 4.90 Å². The maximum Gasteiger partial charge on any atom is 0.262 e. The highest BCUT2D eigenvalue weighted by Gasteiger charge is 2.30. The average molecular weight is 417 g/mol. The fourth-order valence-electron chi connectivity index (χ4n) is 3.17. The number of anilines is 1. The highest BCUT2D eigenvalue weighted by Crippen LogP contribution is 2.31. The molecule has 0 radical (unpaired) electrons. The third kappa shape index (κ3) is 4.03. The smallest absolute Gasteiger partial charge is 0.262 e. The van der Waals surface area contributed by atoms with Crippen LogP contribution in [-0.2, 0) is 19.6 Å². The minimum atomic E-state index is -3.75. The number of furan rings is 1. The number of nitrogens with zero attached hydrogens (tertiary/aromatic N) is 2. The Balaban J connectivity index is 1.42. The highest BCUT2D eigenvalue weighted by atomic mass is 32.2. The van der Waals surface area contributed by atoms with Gasteiger partial charge in [0.15, 0.2) is 6.61 Å². The molecule has 2 aromatic rings. The number of amides is 2. The molecule has 1 fully saturated rings. The molecular weight excluding hydrogens is 398 g/mol. The lowest BCUT2D eigenvalue weighted by molar-refractivity contribution is -0.127. The van der Waals surface area contributed by atoms with E-state index in [1.54, 1.807) is 23.1 Å². The lowest BCUT2D eigenvalue weighted by Crippen LogP contribution is -2.50. The number of fused-ring (bicyclic) bond motifs is 1. The molecule has 3 heterocycles. The van der Waals surface area contributed by atoms with E-state index in [4.69, 9.17) is 9.15 Å². The zero-order valence-electron chi connectivity index (χ0n) is 15.4. The van der Waals surface area contributed by atoms with Gasteiger partial charge in [0, 0.05) is 32.3 Å². The van der Waals surface area contributed by atoms with Crippen molar-refractivity contribution in [3.63, 3.8) is 0 Å². The number of carbonyl (C=O) groups excluding carboxylic acids is 2. The van der Waals surface area contributed by atoms with E-state index in [0.29, 0.717) is 17.2 Å². The summed E-state index contributed by atoms with van der Waals surface area (Å²) < 4.78 is 37.7. The molecule has 10 heteroatoms. The molecule has 29 heavy (non-hydrogen) atoms. The number of benzene rings is 1. The van der Waals surface area contributed by atoms with Gasteiger partial charge in [0.25, 0.3) is 5.91 Å². The normalized spacial score (nSPS) is 17.7. The molecule has 0 bridgehead atoms. The first-order valence-corrected chi connectivity index (χ1v) is 10.4. The molecule has 152 valence electrons. The fraction of sp³-hybridized carbons (Fsp3) is 0.263. The summed E-state index contributed by atoms with van der Waals surface area (Å²) in [4.78, 5) is 25.4. The van der Waals surface area contributed by atoms with E-state index >= 15 is 0 Å². The van der Waals surface area contributed by atoms with E-state index < -0.39 is 10.0 Å².